The minimum atomic E-state index is -0.881. The standard InChI is InChI=1S/C12H13ClO3S/c1-8(14)17-7-10(12(15)16)6-9-2-4-11(13)5-3-9/h2-5,10H,6-7H2,1H3,(H,15,16). The van der Waals surface area contributed by atoms with Crippen LogP contribution in [0, 0.1) is 5.92 Å². The van der Waals surface area contributed by atoms with E-state index in [9.17, 15) is 9.59 Å². The number of hydrogen-bond donors (Lipinski definition) is 1. The van der Waals surface area contributed by atoms with E-state index in [2.05, 4.69) is 0 Å². The van der Waals surface area contributed by atoms with Gasteiger partial charge in [-0.05, 0) is 24.1 Å². The Morgan fingerprint density at radius 1 is 1.35 bits per heavy atom. The number of carboxylic acid groups (broad SMARTS) is 1. The largest absolute Gasteiger partial charge is 0.481 e. The van der Waals surface area contributed by atoms with E-state index >= 15 is 0 Å². The van der Waals surface area contributed by atoms with Crippen LogP contribution in [0.25, 0.3) is 0 Å². The fourth-order valence-electron chi connectivity index (χ4n) is 1.34. The molecule has 0 fully saturated rings. The number of carbonyl (C=O) groups excluding carboxylic acids is 1. The van der Waals surface area contributed by atoms with E-state index in [-0.39, 0.29) is 5.12 Å². The average molecular weight is 273 g/mol. The van der Waals surface area contributed by atoms with Crippen molar-refractivity contribution in [3.8, 4) is 0 Å². The van der Waals surface area contributed by atoms with Gasteiger partial charge in [-0.15, -0.1) is 0 Å². The molecule has 0 spiro atoms. The summed E-state index contributed by atoms with van der Waals surface area (Å²) < 4.78 is 0. The number of carboxylic acids is 1. The van der Waals surface area contributed by atoms with Crippen molar-refractivity contribution in [2.75, 3.05) is 5.75 Å². The van der Waals surface area contributed by atoms with E-state index in [1.807, 2.05) is 0 Å². The van der Waals surface area contributed by atoms with E-state index in [0.29, 0.717) is 17.2 Å². The van der Waals surface area contributed by atoms with Gasteiger partial charge in [0.05, 0.1) is 5.92 Å². The molecule has 0 aliphatic carbocycles. The van der Waals surface area contributed by atoms with Gasteiger partial charge in [-0.1, -0.05) is 35.5 Å². The molecular formula is C12H13ClO3S. The van der Waals surface area contributed by atoms with Gasteiger partial charge >= 0.3 is 5.97 Å². The number of aliphatic carboxylic acids is 1. The quantitative estimate of drug-likeness (QED) is 0.895. The molecule has 1 unspecified atom stereocenters. The molecule has 1 aromatic carbocycles. The number of carbonyl (C=O) groups is 2. The molecule has 1 atom stereocenters. The monoisotopic (exact) mass is 272 g/mol. The molecular weight excluding hydrogens is 260 g/mol. The first-order valence-corrected chi connectivity index (χ1v) is 6.46. The van der Waals surface area contributed by atoms with Crippen LogP contribution in [-0.2, 0) is 16.0 Å². The summed E-state index contributed by atoms with van der Waals surface area (Å²) in [6.45, 7) is 1.44. The lowest BCUT2D eigenvalue weighted by molar-refractivity contribution is -0.140. The van der Waals surface area contributed by atoms with Crippen molar-refractivity contribution in [2.45, 2.75) is 13.3 Å². The summed E-state index contributed by atoms with van der Waals surface area (Å²) in [5.74, 6) is -1.13. The summed E-state index contributed by atoms with van der Waals surface area (Å²) in [5.41, 5.74) is 0.908. The smallest absolute Gasteiger partial charge is 0.307 e. The van der Waals surface area contributed by atoms with Crippen LogP contribution in [0.5, 0.6) is 0 Å². The second-order valence-corrected chi connectivity index (χ2v) is 5.30. The topological polar surface area (TPSA) is 54.4 Å². The number of hydrogen-bond acceptors (Lipinski definition) is 3. The molecule has 0 amide bonds. The lowest BCUT2D eigenvalue weighted by Gasteiger charge is -2.10. The Morgan fingerprint density at radius 3 is 2.41 bits per heavy atom. The van der Waals surface area contributed by atoms with Gasteiger partial charge in [-0.3, -0.25) is 9.59 Å². The molecule has 3 nitrogen and oxygen atoms in total. The highest BCUT2D eigenvalue weighted by molar-refractivity contribution is 8.13. The van der Waals surface area contributed by atoms with E-state index in [0.717, 1.165) is 17.3 Å². The van der Waals surface area contributed by atoms with Crippen LogP contribution in [-0.4, -0.2) is 21.9 Å². The molecule has 0 radical (unpaired) electrons. The summed E-state index contributed by atoms with van der Waals surface area (Å²) in [6.07, 6.45) is 0.410. The van der Waals surface area contributed by atoms with E-state index in [1.54, 1.807) is 24.3 Å². The highest BCUT2D eigenvalue weighted by Gasteiger charge is 2.18. The number of rotatable bonds is 5. The fourth-order valence-corrected chi connectivity index (χ4v) is 2.16. The summed E-state index contributed by atoms with van der Waals surface area (Å²) in [7, 11) is 0. The van der Waals surface area contributed by atoms with Crippen LogP contribution in [0.3, 0.4) is 0 Å². The molecule has 0 heterocycles. The van der Waals surface area contributed by atoms with Gasteiger partial charge in [0.2, 0.25) is 0 Å². The third-order valence-corrected chi connectivity index (χ3v) is 3.46. The first-order chi connectivity index (χ1) is 7.99. The summed E-state index contributed by atoms with van der Waals surface area (Å²) >= 11 is 6.79. The van der Waals surface area contributed by atoms with Crippen LogP contribution < -0.4 is 0 Å². The maximum Gasteiger partial charge on any atom is 0.307 e. The van der Waals surface area contributed by atoms with Crippen LogP contribution in [0.15, 0.2) is 24.3 Å². The van der Waals surface area contributed by atoms with Crippen LogP contribution in [0.4, 0.5) is 0 Å². The maximum atomic E-state index is 11.0. The zero-order valence-corrected chi connectivity index (χ0v) is 10.9. The van der Waals surface area contributed by atoms with Crippen LogP contribution in [0.2, 0.25) is 5.02 Å². The Morgan fingerprint density at radius 2 is 1.94 bits per heavy atom. The molecule has 1 N–H and O–H groups in total. The SMILES string of the molecule is CC(=O)SCC(Cc1ccc(Cl)cc1)C(=O)O. The molecule has 0 bridgehead atoms. The summed E-state index contributed by atoms with van der Waals surface area (Å²) in [5, 5.41) is 9.61. The van der Waals surface area contributed by atoms with Crippen LogP contribution >= 0.6 is 23.4 Å². The van der Waals surface area contributed by atoms with Gasteiger partial charge < -0.3 is 5.11 Å². The molecule has 1 aromatic rings. The molecule has 92 valence electrons. The molecule has 0 saturated heterocycles. The average Bonchev–Trinajstić information content (AvgIpc) is 2.26. The Labute approximate surface area is 109 Å². The van der Waals surface area contributed by atoms with Crippen molar-refractivity contribution in [2.24, 2.45) is 5.92 Å². The van der Waals surface area contributed by atoms with Gasteiger partial charge in [0.25, 0.3) is 0 Å². The van der Waals surface area contributed by atoms with E-state index in [1.165, 1.54) is 6.92 Å². The van der Waals surface area contributed by atoms with E-state index < -0.39 is 11.9 Å². The lowest BCUT2D eigenvalue weighted by Crippen LogP contribution is -2.19. The summed E-state index contributed by atoms with van der Waals surface area (Å²) in [6, 6.07) is 7.06. The normalized spacial score (nSPS) is 12.1. The molecule has 0 aliphatic heterocycles. The van der Waals surface area contributed by atoms with Gasteiger partial charge in [-0.25, -0.2) is 0 Å². The van der Waals surface area contributed by atoms with Crippen molar-refractivity contribution < 1.29 is 14.7 Å². The highest BCUT2D eigenvalue weighted by atomic mass is 35.5. The van der Waals surface area contributed by atoms with Crippen molar-refractivity contribution in [1.82, 2.24) is 0 Å². The number of thioether (sulfide) groups is 1. The van der Waals surface area contributed by atoms with Crippen molar-refractivity contribution in [3.63, 3.8) is 0 Å². The van der Waals surface area contributed by atoms with Gasteiger partial charge in [0, 0.05) is 17.7 Å². The molecule has 17 heavy (non-hydrogen) atoms. The third-order valence-electron chi connectivity index (χ3n) is 2.23. The van der Waals surface area contributed by atoms with Gasteiger partial charge in [0.15, 0.2) is 5.12 Å². The second-order valence-electron chi connectivity index (χ2n) is 3.67. The van der Waals surface area contributed by atoms with Crippen molar-refractivity contribution >= 4 is 34.4 Å². The fraction of sp³-hybridized carbons (Fsp3) is 0.333. The number of halogens is 1. The molecule has 0 aromatic heterocycles. The Bertz CT molecular complexity index is 403. The molecule has 0 saturated carbocycles. The third kappa shape index (κ3) is 5.24. The Balaban J connectivity index is 2.63. The Kier molecular flexibility index (Phi) is 5.51. The van der Waals surface area contributed by atoms with Crippen molar-refractivity contribution in [1.29, 1.82) is 0 Å². The highest BCUT2D eigenvalue weighted by Crippen LogP contribution is 2.17. The predicted octanol–water partition coefficient (Wildman–Crippen LogP) is 2.86. The second kappa shape index (κ2) is 6.67. The van der Waals surface area contributed by atoms with E-state index in [4.69, 9.17) is 16.7 Å². The minimum Gasteiger partial charge on any atom is -0.481 e. The molecule has 5 heteroatoms. The minimum absolute atomic E-state index is 0.0626. The Hall–Kier alpha value is -1.00. The zero-order valence-electron chi connectivity index (χ0n) is 9.35. The predicted molar refractivity (Wildman–Crippen MR) is 69.4 cm³/mol. The zero-order chi connectivity index (χ0) is 12.8. The summed E-state index contributed by atoms with van der Waals surface area (Å²) in [4.78, 5) is 21.9. The van der Waals surface area contributed by atoms with Gasteiger partial charge in [-0.2, -0.15) is 0 Å². The maximum absolute atomic E-state index is 11.0. The molecule has 0 aliphatic rings. The first kappa shape index (κ1) is 14.1. The molecule has 1 rings (SSSR count). The number of benzene rings is 1. The van der Waals surface area contributed by atoms with Gasteiger partial charge in [0.1, 0.15) is 0 Å². The van der Waals surface area contributed by atoms with Crippen molar-refractivity contribution in [3.05, 3.63) is 34.9 Å². The van der Waals surface area contributed by atoms with Crippen LogP contribution in [0.1, 0.15) is 12.5 Å². The lowest BCUT2D eigenvalue weighted by atomic mass is 10.0. The first-order valence-electron chi connectivity index (χ1n) is 5.09.